The van der Waals surface area contributed by atoms with Gasteiger partial charge in [0.2, 0.25) is 0 Å². The van der Waals surface area contributed by atoms with Crippen LogP contribution in [-0.2, 0) is 16.2 Å². The van der Waals surface area contributed by atoms with Crippen molar-refractivity contribution >= 4 is 37.0 Å². The third kappa shape index (κ3) is 4.99. The highest BCUT2D eigenvalue weighted by Gasteiger charge is 2.22. The van der Waals surface area contributed by atoms with Gasteiger partial charge in [-0.05, 0) is 18.2 Å². The summed E-state index contributed by atoms with van der Waals surface area (Å²) in [6, 6.07) is 3.30. The molecule has 148 valence electrons. The number of nitrogens with zero attached hydrogens (tertiary/aromatic N) is 2. The van der Waals surface area contributed by atoms with E-state index in [0.717, 1.165) is 12.1 Å². The molecule has 1 heterocycles. The fourth-order valence-electron chi connectivity index (χ4n) is 2.41. The van der Waals surface area contributed by atoms with E-state index in [-0.39, 0.29) is 28.8 Å². The lowest BCUT2D eigenvalue weighted by atomic mass is 10.0. The van der Waals surface area contributed by atoms with Gasteiger partial charge >= 0.3 is 5.97 Å². The van der Waals surface area contributed by atoms with Gasteiger partial charge in [0.25, 0.3) is 0 Å². The number of esters is 1. The van der Waals surface area contributed by atoms with E-state index in [2.05, 4.69) is 29.5 Å². The average molecular weight is 415 g/mol. The van der Waals surface area contributed by atoms with Crippen LogP contribution in [0.25, 0.3) is 11.3 Å². The monoisotopic (exact) mass is 414 g/mol. The maximum Gasteiger partial charge on any atom is 0.340 e. The summed E-state index contributed by atoms with van der Waals surface area (Å²) in [4.78, 5) is 11.8. The highest BCUT2D eigenvalue weighted by molar-refractivity contribution is 6.76. The summed E-state index contributed by atoms with van der Waals surface area (Å²) < 4.78 is 25.8. The number of hydrogen-bond donors (Lipinski definition) is 2. The number of halogens is 2. The molecule has 0 bridgehead atoms. The van der Waals surface area contributed by atoms with Crippen molar-refractivity contribution in [1.29, 1.82) is 0 Å². The van der Waals surface area contributed by atoms with E-state index in [1.807, 2.05) is 0 Å². The molecule has 0 unspecified atom stereocenters. The summed E-state index contributed by atoms with van der Waals surface area (Å²) in [6.45, 7) is 7.41. The number of rotatable bonds is 7. The number of methoxy groups -OCH3 is 1. The molecular formula is C17H24ClFN4O3Si. The van der Waals surface area contributed by atoms with Gasteiger partial charge in [-0.25, -0.2) is 13.9 Å². The lowest BCUT2D eigenvalue weighted by molar-refractivity contribution is 0.0595. The van der Waals surface area contributed by atoms with Crippen LogP contribution in [0.4, 0.5) is 15.8 Å². The van der Waals surface area contributed by atoms with Crippen LogP contribution in [0.3, 0.4) is 0 Å². The minimum absolute atomic E-state index is 0.0714. The van der Waals surface area contributed by atoms with Crippen molar-refractivity contribution in [2.24, 2.45) is 0 Å². The van der Waals surface area contributed by atoms with Crippen molar-refractivity contribution < 1.29 is 18.7 Å². The Bertz CT molecular complexity index is 852. The van der Waals surface area contributed by atoms with Crippen molar-refractivity contribution in [1.82, 2.24) is 9.78 Å². The van der Waals surface area contributed by atoms with Crippen molar-refractivity contribution in [3.05, 3.63) is 28.7 Å². The molecule has 0 aliphatic heterocycles. The first-order valence-electron chi connectivity index (χ1n) is 8.32. The normalized spacial score (nSPS) is 11.6. The zero-order chi connectivity index (χ0) is 20.4. The topological polar surface area (TPSA) is 105 Å². The second-order valence-electron chi connectivity index (χ2n) is 7.31. The van der Waals surface area contributed by atoms with Gasteiger partial charge in [-0.2, -0.15) is 5.10 Å². The summed E-state index contributed by atoms with van der Waals surface area (Å²) in [6.07, 6.45) is 0. The smallest absolute Gasteiger partial charge is 0.340 e. The molecule has 0 saturated heterocycles. The summed E-state index contributed by atoms with van der Waals surface area (Å²) >= 11 is 6.07. The number of ether oxygens (including phenoxy) is 2. The third-order valence-electron chi connectivity index (χ3n) is 3.95. The van der Waals surface area contributed by atoms with Gasteiger partial charge in [-0.1, -0.05) is 31.2 Å². The lowest BCUT2D eigenvalue weighted by Gasteiger charge is -2.16. The first-order valence-corrected chi connectivity index (χ1v) is 12.4. The Hall–Kier alpha value is -2.10. The van der Waals surface area contributed by atoms with Crippen LogP contribution in [0.15, 0.2) is 12.1 Å². The molecule has 0 amide bonds. The molecule has 0 aliphatic carbocycles. The fourth-order valence-corrected chi connectivity index (χ4v) is 3.35. The van der Waals surface area contributed by atoms with E-state index in [9.17, 15) is 9.18 Å². The molecule has 1 aromatic carbocycles. The largest absolute Gasteiger partial charge is 0.465 e. The Labute approximate surface area is 163 Å². The Morgan fingerprint density at radius 1 is 1.33 bits per heavy atom. The summed E-state index contributed by atoms with van der Waals surface area (Å²) in [5.41, 5.74) is 12.7. The van der Waals surface area contributed by atoms with Gasteiger partial charge in [0, 0.05) is 25.9 Å². The van der Waals surface area contributed by atoms with E-state index in [1.54, 1.807) is 0 Å². The molecule has 10 heteroatoms. The molecule has 1 aromatic heterocycles. The Morgan fingerprint density at radius 2 is 2.00 bits per heavy atom. The SMILES string of the molecule is COC(=O)c1cc(-c2c(N)c(Cl)nn2COCC[Si](C)(C)C)c(N)cc1F. The molecule has 4 N–H and O–H groups in total. The first kappa shape index (κ1) is 21.2. The zero-order valence-corrected chi connectivity index (χ0v) is 17.6. The predicted octanol–water partition coefficient (Wildman–Crippen LogP) is 3.61. The molecule has 2 rings (SSSR count). The van der Waals surface area contributed by atoms with Crippen LogP contribution in [0.5, 0.6) is 0 Å². The number of benzene rings is 1. The van der Waals surface area contributed by atoms with Crippen molar-refractivity contribution in [3.8, 4) is 11.3 Å². The fraction of sp³-hybridized carbons (Fsp3) is 0.412. The van der Waals surface area contributed by atoms with Gasteiger partial charge in [-0.15, -0.1) is 0 Å². The second kappa shape index (κ2) is 8.28. The average Bonchev–Trinajstić information content (AvgIpc) is 2.85. The Kier molecular flexibility index (Phi) is 6.50. The number of nitrogens with two attached hydrogens (primary N) is 2. The Balaban J connectivity index is 2.39. The molecule has 0 atom stereocenters. The lowest BCUT2D eigenvalue weighted by Crippen LogP contribution is -2.22. The number of carbonyl (C=O) groups is 1. The van der Waals surface area contributed by atoms with Crippen LogP contribution in [-0.4, -0.2) is 37.5 Å². The Morgan fingerprint density at radius 3 is 2.59 bits per heavy atom. The van der Waals surface area contributed by atoms with E-state index in [0.29, 0.717) is 17.9 Å². The van der Waals surface area contributed by atoms with E-state index in [4.69, 9.17) is 27.8 Å². The molecule has 0 radical (unpaired) electrons. The van der Waals surface area contributed by atoms with E-state index in [1.165, 1.54) is 17.9 Å². The highest BCUT2D eigenvalue weighted by atomic mass is 35.5. The minimum Gasteiger partial charge on any atom is -0.465 e. The molecule has 0 fully saturated rings. The van der Waals surface area contributed by atoms with Gasteiger partial charge in [0.15, 0.2) is 5.15 Å². The van der Waals surface area contributed by atoms with Crippen molar-refractivity contribution in [3.63, 3.8) is 0 Å². The van der Waals surface area contributed by atoms with Crippen LogP contribution >= 0.6 is 11.6 Å². The van der Waals surface area contributed by atoms with Crippen molar-refractivity contribution in [2.45, 2.75) is 32.4 Å². The van der Waals surface area contributed by atoms with Crippen LogP contribution in [0, 0.1) is 5.82 Å². The molecule has 7 nitrogen and oxygen atoms in total. The van der Waals surface area contributed by atoms with E-state index < -0.39 is 19.9 Å². The highest BCUT2D eigenvalue weighted by Crippen LogP contribution is 2.36. The molecule has 0 saturated carbocycles. The van der Waals surface area contributed by atoms with E-state index >= 15 is 0 Å². The van der Waals surface area contributed by atoms with Crippen LogP contribution in [0.1, 0.15) is 10.4 Å². The van der Waals surface area contributed by atoms with Gasteiger partial charge < -0.3 is 20.9 Å². The van der Waals surface area contributed by atoms with Gasteiger partial charge in [-0.3, -0.25) is 0 Å². The second-order valence-corrected chi connectivity index (χ2v) is 13.3. The molecule has 0 spiro atoms. The number of hydrogen-bond acceptors (Lipinski definition) is 6. The number of carbonyl (C=O) groups excluding carboxylic acids is 1. The summed E-state index contributed by atoms with van der Waals surface area (Å²) in [5, 5.41) is 4.23. The summed E-state index contributed by atoms with van der Waals surface area (Å²) in [5.74, 6) is -1.61. The number of aromatic nitrogens is 2. The van der Waals surface area contributed by atoms with Crippen LogP contribution in [0.2, 0.25) is 30.8 Å². The van der Waals surface area contributed by atoms with Crippen LogP contribution < -0.4 is 11.5 Å². The maximum atomic E-state index is 14.1. The third-order valence-corrected chi connectivity index (χ3v) is 5.94. The maximum absolute atomic E-state index is 14.1. The van der Waals surface area contributed by atoms with Gasteiger partial charge in [0.05, 0.1) is 24.1 Å². The number of nitrogen functional groups attached to an aromatic ring is 2. The van der Waals surface area contributed by atoms with Gasteiger partial charge in [0.1, 0.15) is 12.5 Å². The molecular weight excluding hydrogens is 391 g/mol. The molecule has 2 aromatic rings. The quantitative estimate of drug-likeness (QED) is 0.310. The number of anilines is 2. The van der Waals surface area contributed by atoms with Crippen molar-refractivity contribution in [2.75, 3.05) is 25.2 Å². The first-order chi connectivity index (χ1) is 12.5. The predicted molar refractivity (Wildman–Crippen MR) is 107 cm³/mol. The molecule has 27 heavy (non-hydrogen) atoms. The standard InChI is InChI=1S/C17H24ClFN4O3Si/c1-25-17(24)10-7-11(13(20)8-12(10)19)15-14(21)16(18)22-23(15)9-26-5-6-27(2,3)4/h7-8H,5-6,9,20-21H2,1-4H3. The molecule has 0 aliphatic rings. The zero-order valence-electron chi connectivity index (χ0n) is 15.8. The summed E-state index contributed by atoms with van der Waals surface area (Å²) in [7, 11) is -0.0703. The minimum atomic E-state index is -1.24.